The SMILES string of the molecule is CC1(C2CC2)CC(=S)NCCN1. The molecule has 0 radical (unpaired) electrons. The maximum Gasteiger partial charge on any atom is 0.0772 e. The van der Waals surface area contributed by atoms with E-state index >= 15 is 0 Å². The average molecular weight is 184 g/mol. The van der Waals surface area contributed by atoms with Crippen LogP contribution in [0.15, 0.2) is 0 Å². The van der Waals surface area contributed by atoms with Crippen LogP contribution in [0.5, 0.6) is 0 Å². The first-order valence-corrected chi connectivity index (χ1v) is 5.13. The van der Waals surface area contributed by atoms with Crippen molar-refractivity contribution in [1.29, 1.82) is 0 Å². The van der Waals surface area contributed by atoms with Crippen LogP contribution in [0.25, 0.3) is 0 Å². The van der Waals surface area contributed by atoms with Crippen LogP contribution in [0.4, 0.5) is 0 Å². The van der Waals surface area contributed by atoms with Crippen molar-refractivity contribution in [2.75, 3.05) is 13.1 Å². The minimum atomic E-state index is 0.292. The summed E-state index contributed by atoms with van der Waals surface area (Å²) in [5.41, 5.74) is 0.292. The van der Waals surface area contributed by atoms with Crippen molar-refractivity contribution in [1.82, 2.24) is 10.6 Å². The standard InChI is InChI=1S/C9H16N2S/c1-9(7-2-3-7)6-8(12)10-4-5-11-9/h7,11H,2-6H2,1H3,(H,10,12). The zero-order valence-corrected chi connectivity index (χ0v) is 8.34. The van der Waals surface area contributed by atoms with E-state index in [2.05, 4.69) is 17.6 Å². The molecule has 2 fully saturated rings. The molecular formula is C9H16N2S. The topological polar surface area (TPSA) is 24.1 Å². The first-order chi connectivity index (χ1) is 5.71. The fourth-order valence-corrected chi connectivity index (χ4v) is 2.42. The van der Waals surface area contributed by atoms with E-state index < -0.39 is 0 Å². The molecule has 68 valence electrons. The average Bonchev–Trinajstić information content (AvgIpc) is 2.76. The molecule has 2 nitrogen and oxygen atoms in total. The monoisotopic (exact) mass is 184 g/mol. The molecule has 1 aliphatic heterocycles. The van der Waals surface area contributed by atoms with E-state index in [1.54, 1.807) is 0 Å². The molecule has 2 N–H and O–H groups in total. The van der Waals surface area contributed by atoms with Gasteiger partial charge in [-0.25, -0.2) is 0 Å². The van der Waals surface area contributed by atoms with Crippen molar-refractivity contribution in [3.63, 3.8) is 0 Å². The normalized spacial score (nSPS) is 37.2. The highest BCUT2D eigenvalue weighted by Gasteiger charge is 2.42. The van der Waals surface area contributed by atoms with Gasteiger partial charge in [0, 0.05) is 25.0 Å². The van der Waals surface area contributed by atoms with Gasteiger partial charge in [0.05, 0.1) is 4.99 Å². The quantitative estimate of drug-likeness (QED) is 0.596. The largest absolute Gasteiger partial charge is 0.378 e. The van der Waals surface area contributed by atoms with Gasteiger partial charge in [-0.3, -0.25) is 0 Å². The van der Waals surface area contributed by atoms with Gasteiger partial charge in [-0.05, 0) is 25.7 Å². The third-order valence-corrected chi connectivity index (χ3v) is 3.27. The second-order valence-electron chi connectivity index (χ2n) is 4.15. The van der Waals surface area contributed by atoms with E-state index in [1.165, 1.54) is 12.8 Å². The zero-order chi connectivity index (χ0) is 8.60. The van der Waals surface area contributed by atoms with Gasteiger partial charge in [0.15, 0.2) is 0 Å². The van der Waals surface area contributed by atoms with E-state index in [1.807, 2.05) is 0 Å². The fraction of sp³-hybridized carbons (Fsp3) is 0.889. The van der Waals surface area contributed by atoms with Gasteiger partial charge in [-0.1, -0.05) is 12.2 Å². The minimum absolute atomic E-state index is 0.292. The summed E-state index contributed by atoms with van der Waals surface area (Å²) in [6.07, 6.45) is 3.78. The molecule has 12 heavy (non-hydrogen) atoms. The maximum atomic E-state index is 5.24. The van der Waals surface area contributed by atoms with Crippen LogP contribution in [0.2, 0.25) is 0 Å². The highest BCUT2D eigenvalue weighted by molar-refractivity contribution is 7.80. The first-order valence-electron chi connectivity index (χ1n) is 4.72. The molecule has 1 saturated heterocycles. The molecule has 0 aromatic carbocycles. The molecule has 3 heteroatoms. The Kier molecular flexibility index (Phi) is 2.09. The van der Waals surface area contributed by atoms with Crippen LogP contribution in [0.3, 0.4) is 0 Å². The third-order valence-electron chi connectivity index (χ3n) is 2.98. The molecule has 1 atom stereocenters. The van der Waals surface area contributed by atoms with E-state index in [0.29, 0.717) is 5.54 Å². The van der Waals surface area contributed by atoms with E-state index in [-0.39, 0.29) is 0 Å². The van der Waals surface area contributed by atoms with Gasteiger partial charge < -0.3 is 10.6 Å². The van der Waals surface area contributed by atoms with Gasteiger partial charge >= 0.3 is 0 Å². The second kappa shape index (κ2) is 2.96. The van der Waals surface area contributed by atoms with Crippen molar-refractivity contribution >= 4 is 17.2 Å². The smallest absolute Gasteiger partial charge is 0.0772 e. The molecule has 0 bridgehead atoms. The first kappa shape index (κ1) is 8.45. The Morgan fingerprint density at radius 1 is 1.42 bits per heavy atom. The van der Waals surface area contributed by atoms with Crippen molar-refractivity contribution in [3.8, 4) is 0 Å². The van der Waals surface area contributed by atoms with E-state index in [9.17, 15) is 0 Å². The lowest BCUT2D eigenvalue weighted by Gasteiger charge is -2.28. The summed E-state index contributed by atoms with van der Waals surface area (Å²) in [5, 5.41) is 6.85. The molecule has 0 amide bonds. The lowest BCUT2D eigenvalue weighted by molar-refractivity contribution is 0.333. The highest BCUT2D eigenvalue weighted by Crippen LogP contribution is 2.41. The predicted octanol–water partition coefficient (Wildman–Crippen LogP) is 1.07. The lowest BCUT2D eigenvalue weighted by atomic mass is 9.92. The van der Waals surface area contributed by atoms with Crippen molar-refractivity contribution in [3.05, 3.63) is 0 Å². The molecule has 1 aliphatic carbocycles. The molecular weight excluding hydrogens is 168 g/mol. The Bertz CT molecular complexity index is 201. The van der Waals surface area contributed by atoms with Crippen LogP contribution < -0.4 is 10.6 Å². The van der Waals surface area contributed by atoms with Crippen molar-refractivity contribution < 1.29 is 0 Å². The molecule has 1 unspecified atom stereocenters. The Balaban J connectivity index is 2.06. The summed E-state index contributed by atoms with van der Waals surface area (Å²) in [5.74, 6) is 0.871. The highest BCUT2D eigenvalue weighted by atomic mass is 32.1. The van der Waals surface area contributed by atoms with Gasteiger partial charge in [-0.2, -0.15) is 0 Å². The molecule has 0 aromatic heterocycles. The van der Waals surface area contributed by atoms with Gasteiger partial charge in [0.1, 0.15) is 0 Å². The number of rotatable bonds is 1. The van der Waals surface area contributed by atoms with Gasteiger partial charge in [-0.15, -0.1) is 0 Å². The Morgan fingerprint density at radius 3 is 2.83 bits per heavy atom. The molecule has 1 heterocycles. The lowest BCUT2D eigenvalue weighted by Crippen LogP contribution is -2.45. The van der Waals surface area contributed by atoms with Crippen LogP contribution in [0, 0.1) is 5.92 Å². The summed E-state index contributed by atoms with van der Waals surface area (Å²) in [6, 6.07) is 0. The molecule has 0 aromatic rings. The summed E-state index contributed by atoms with van der Waals surface area (Å²) in [6.45, 7) is 4.35. The van der Waals surface area contributed by atoms with Crippen molar-refractivity contribution in [2.24, 2.45) is 5.92 Å². The molecule has 2 aliphatic rings. The van der Waals surface area contributed by atoms with Crippen molar-refractivity contribution in [2.45, 2.75) is 31.7 Å². The third kappa shape index (κ3) is 1.62. The summed E-state index contributed by atoms with van der Waals surface area (Å²) in [4.78, 5) is 1.04. The Hall–Kier alpha value is -0.150. The number of hydrogen-bond acceptors (Lipinski definition) is 2. The fourth-order valence-electron chi connectivity index (χ4n) is 2.02. The summed E-state index contributed by atoms with van der Waals surface area (Å²) < 4.78 is 0. The van der Waals surface area contributed by atoms with Crippen LogP contribution >= 0.6 is 12.2 Å². The van der Waals surface area contributed by atoms with Gasteiger partial charge in [0.25, 0.3) is 0 Å². The second-order valence-corrected chi connectivity index (χ2v) is 4.64. The van der Waals surface area contributed by atoms with Crippen LogP contribution in [-0.2, 0) is 0 Å². The molecule has 0 spiro atoms. The van der Waals surface area contributed by atoms with Crippen LogP contribution in [0.1, 0.15) is 26.2 Å². The minimum Gasteiger partial charge on any atom is -0.378 e. The Labute approximate surface area is 79.1 Å². The summed E-state index contributed by atoms with van der Waals surface area (Å²) >= 11 is 5.24. The summed E-state index contributed by atoms with van der Waals surface area (Å²) in [7, 11) is 0. The Morgan fingerprint density at radius 2 is 2.17 bits per heavy atom. The number of thiocarbonyl (C=S) groups is 1. The predicted molar refractivity (Wildman–Crippen MR) is 54.3 cm³/mol. The number of hydrogen-bond donors (Lipinski definition) is 2. The molecule has 2 rings (SSSR count). The van der Waals surface area contributed by atoms with E-state index in [0.717, 1.165) is 30.4 Å². The maximum absolute atomic E-state index is 5.24. The van der Waals surface area contributed by atoms with Crippen LogP contribution in [-0.4, -0.2) is 23.6 Å². The van der Waals surface area contributed by atoms with Gasteiger partial charge in [0.2, 0.25) is 0 Å². The molecule has 1 saturated carbocycles. The zero-order valence-electron chi connectivity index (χ0n) is 7.52. The number of nitrogens with one attached hydrogen (secondary N) is 2. The van der Waals surface area contributed by atoms with E-state index in [4.69, 9.17) is 12.2 Å².